The zero-order valence-electron chi connectivity index (χ0n) is 11.9. The van der Waals surface area contributed by atoms with Gasteiger partial charge in [-0.15, -0.1) is 0 Å². The minimum Gasteiger partial charge on any atom is -0.495 e. The van der Waals surface area contributed by atoms with E-state index in [0.29, 0.717) is 29.5 Å². The van der Waals surface area contributed by atoms with E-state index in [4.69, 9.17) is 21.1 Å². The molecule has 1 saturated heterocycles. The van der Waals surface area contributed by atoms with Gasteiger partial charge in [0.25, 0.3) is 0 Å². The van der Waals surface area contributed by atoms with Crippen molar-refractivity contribution in [3.63, 3.8) is 0 Å². The van der Waals surface area contributed by atoms with Crippen molar-refractivity contribution in [2.45, 2.75) is 26.1 Å². The second kappa shape index (κ2) is 6.33. The van der Waals surface area contributed by atoms with Crippen LogP contribution in [0.2, 0.25) is 5.02 Å². The molecule has 1 fully saturated rings. The summed E-state index contributed by atoms with van der Waals surface area (Å²) < 4.78 is 10.7. The van der Waals surface area contributed by atoms with Crippen LogP contribution >= 0.6 is 11.6 Å². The minimum atomic E-state index is -0.142. The summed E-state index contributed by atoms with van der Waals surface area (Å²) in [6.07, 6.45) is 0.0912. The standard InChI is InChI=1S/C14H19ClN2O3/c1-9-7-17(8-10(2)20-9)14(18)16-11-4-5-12(15)13(6-11)19-3/h4-6,9-10H,7-8H2,1-3H3,(H,16,18)/t9-,10-/m1/s1. The molecule has 0 aromatic heterocycles. The van der Waals surface area contributed by atoms with Gasteiger partial charge in [0, 0.05) is 24.8 Å². The van der Waals surface area contributed by atoms with Crippen molar-refractivity contribution in [2.75, 3.05) is 25.5 Å². The number of anilines is 1. The van der Waals surface area contributed by atoms with E-state index >= 15 is 0 Å². The Kier molecular flexibility index (Phi) is 4.73. The van der Waals surface area contributed by atoms with Gasteiger partial charge in [-0.2, -0.15) is 0 Å². The number of nitrogens with one attached hydrogen (secondary N) is 1. The Morgan fingerprint density at radius 1 is 1.40 bits per heavy atom. The summed E-state index contributed by atoms with van der Waals surface area (Å²) >= 11 is 5.96. The summed E-state index contributed by atoms with van der Waals surface area (Å²) in [5, 5.41) is 3.36. The fourth-order valence-corrected chi connectivity index (χ4v) is 2.48. The smallest absolute Gasteiger partial charge is 0.322 e. The van der Waals surface area contributed by atoms with Gasteiger partial charge in [-0.05, 0) is 26.0 Å². The number of morpholine rings is 1. The zero-order chi connectivity index (χ0) is 14.7. The number of nitrogens with zero attached hydrogens (tertiary/aromatic N) is 1. The van der Waals surface area contributed by atoms with Crippen LogP contribution in [0.5, 0.6) is 5.75 Å². The molecule has 0 bridgehead atoms. The monoisotopic (exact) mass is 298 g/mol. The number of benzene rings is 1. The number of carbonyl (C=O) groups excluding carboxylic acids is 1. The second-order valence-electron chi connectivity index (χ2n) is 4.94. The van der Waals surface area contributed by atoms with Crippen LogP contribution in [0.25, 0.3) is 0 Å². The van der Waals surface area contributed by atoms with E-state index in [9.17, 15) is 4.79 Å². The molecule has 1 N–H and O–H groups in total. The normalized spacial score (nSPS) is 22.5. The van der Waals surface area contributed by atoms with Crippen molar-refractivity contribution < 1.29 is 14.3 Å². The lowest BCUT2D eigenvalue weighted by Crippen LogP contribution is -2.49. The third-order valence-corrected chi connectivity index (χ3v) is 3.42. The molecule has 20 heavy (non-hydrogen) atoms. The van der Waals surface area contributed by atoms with Crippen molar-refractivity contribution in [1.82, 2.24) is 4.90 Å². The number of amides is 2. The second-order valence-corrected chi connectivity index (χ2v) is 5.35. The Hall–Kier alpha value is -1.46. The van der Waals surface area contributed by atoms with E-state index in [1.54, 1.807) is 23.1 Å². The van der Waals surface area contributed by atoms with Crippen LogP contribution in [0.1, 0.15) is 13.8 Å². The largest absolute Gasteiger partial charge is 0.495 e. The van der Waals surface area contributed by atoms with Crippen molar-refractivity contribution in [3.8, 4) is 5.75 Å². The third-order valence-electron chi connectivity index (χ3n) is 3.11. The number of halogens is 1. The lowest BCUT2D eigenvalue weighted by Gasteiger charge is -2.35. The molecule has 2 rings (SSSR count). The van der Waals surface area contributed by atoms with Crippen LogP contribution in [0.3, 0.4) is 0 Å². The molecule has 0 unspecified atom stereocenters. The van der Waals surface area contributed by atoms with E-state index in [0.717, 1.165) is 0 Å². The molecule has 0 saturated carbocycles. The Balaban J connectivity index is 2.04. The van der Waals surface area contributed by atoms with Gasteiger partial charge < -0.3 is 19.7 Å². The molecule has 110 valence electrons. The Bertz CT molecular complexity index is 485. The topological polar surface area (TPSA) is 50.8 Å². The van der Waals surface area contributed by atoms with Gasteiger partial charge in [-0.25, -0.2) is 4.79 Å². The molecule has 0 radical (unpaired) electrons. The van der Waals surface area contributed by atoms with Crippen LogP contribution in [-0.4, -0.2) is 43.3 Å². The fraction of sp³-hybridized carbons (Fsp3) is 0.500. The van der Waals surface area contributed by atoms with Gasteiger partial charge in [0.05, 0.1) is 24.3 Å². The third kappa shape index (κ3) is 3.55. The number of carbonyl (C=O) groups is 1. The molecule has 1 heterocycles. The molecule has 1 aliphatic heterocycles. The highest BCUT2D eigenvalue weighted by Gasteiger charge is 2.25. The first-order valence-corrected chi connectivity index (χ1v) is 6.92. The average molecular weight is 299 g/mol. The molecule has 1 aliphatic rings. The molecule has 0 aliphatic carbocycles. The summed E-state index contributed by atoms with van der Waals surface area (Å²) in [6.45, 7) is 5.09. The maximum atomic E-state index is 12.2. The number of rotatable bonds is 2. The molecule has 0 spiro atoms. The maximum absolute atomic E-state index is 12.2. The highest BCUT2D eigenvalue weighted by atomic mass is 35.5. The summed E-state index contributed by atoms with van der Waals surface area (Å²) in [4.78, 5) is 14.0. The van der Waals surface area contributed by atoms with Crippen molar-refractivity contribution in [3.05, 3.63) is 23.2 Å². The molecule has 6 heteroatoms. The molecule has 2 amide bonds. The molecular formula is C14H19ClN2O3. The molecular weight excluding hydrogens is 280 g/mol. The Labute approximate surface area is 123 Å². The number of urea groups is 1. The SMILES string of the molecule is COc1cc(NC(=O)N2C[C@@H](C)O[C@H](C)C2)ccc1Cl. The summed E-state index contributed by atoms with van der Waals surface area (Å²) in [6, 6.07) is 5.00. The van der Waals surface area contributed by atoms with Crippen LogP contribution in [-0.2, 0) is 4.74 Å². The lowest BCUT2D eigenvalue weighted by molar-refractivity contribution is -0.0530. The maximum Gasteiger partial charge on any atom is 0.322 e. The van der Waals surface area contributed by atoms with Gasteiger partial charge in [0.1, 0.15) is 5.75 Å². The van der Waals surface area contributed by atoms with Crippen LogP contribution in [0, 0.1) is 0 Å². The van der Waals surface area contributed by atoms with Gasteiger partial charge in [0.2, 0.25) is 0 Å². The first-order chi connectivity index (χ1) is 9.49. The molecule has 2 atom stereocenters. The number of hydrogen-bond acceptors (Lipinski definition) is 3. The predicted octanol–water partition coefficient (Wildman–Crippen LogP) is 2.99. The van der Waals surface area contributed by atoms with E-state index in [2.05, 4.69) is 5.32 Å². The highest BCUT2D eigenvalue weighted by molar-refractivity contribution is 6.32. The number of methoxy groups -OCH3 is 1. The first kappa shape index (κ1) is 14.9. The quantitative estimate of drug-likeness (QED) is 0.913. The number of hydrogen-bond donors (Lipinski definition) is 1. The van der Waals surface area contributed by atoms with Crippen molar-refractivity contribution in [2.24, 2.45) is 0 Å². The Morgan fingerprint density at radius 2 is 2.05 bits per heavy atom. The zero-order valence-corrected chi connectivity index (χ0v) is 12.6. The van der Waals surface area contributed by atoms with Gasteiger partial charge >= 0.3 is 6.03 Å². The highest BCUT2D eigenvalue weighted by Crippen LogP contribution is 2.27. The van der Waals surface area contributed by atoms with Crippen molar-refractivity contribution >= 4 is 23.3 Å². The van der Waals surface area contributed by atoms with E-state index in [1.165, 1.54) is 7.11 Å². The predicted molar refractivity (Wildman–Crippen MR) is 78.6 cm³/mol. The lowest BCUT2D eigenvalue weighted by atomic mass is 10.2. The fourth-order valence-electron chi connectivity index (χ4n) is 2.28. The first-order valence-electron chi connectivity index (χ1n) is 6.54. The average Bonchev–Trinajstić information content (AvgIpc) is 2.39. The van der Waals surface area contributed by atoms with Gasteiger partial charge in [0.15, 0.2) is 0 Å². The minimum absolute atomic E-state index is 0.0456. The van der Waals surface area contributed by atoms with Crippen molar-refractivity contribution in [1.29, 1.82) is 0 Å². The van der Waals surface area contributed by atoms with Crippen LogP contribution in [0.15, 0.2) is 18.2 Å². The molecule has 1 aromatic carbocycles. The van der Waals surface area contributed by atoms with E-state index in [-0.39, 0.29) is 18.2 Å². The van der Waals surface area contributed by atoms with E-state index in [1.807, 2.05) is 13.8 Å². The Morgan fingerprint density at radius 3 is 2.65 bits per heavy atom. The van der Waals surface area contributed by atoms with E-state index < -0.39 is 0 Å². The number of ether oxygens (including phenoxy) is 2. The summed E-state index contributed by atoms with van der Waals surface area (Å²) in [5.74, 6) is 0.535. The summed E-state index contributed by atoms with van der Waals surface area (Å²) in [5.41, 5.74) is 0.656. The van der Waals surface area contributed by atoms with Crippen LogP contribution < -0.4 is 10.1 Å². The van der Waals surface area contributed by atoms with Gasteiger partial charge in [-0.3, -0.25) is 0 Å². The molecule has 1 aromatic rings. The van der Waals surface area contributed by atoms with Gasteiger partial charge in [-0.1, -0.05) is 11.6 Å². The van der Waals surface area contributed by atoms with Crippen LogP contribution in [0.4, 0.5) is 10.5 Å². The molecule has 5 nitrogen and oxygen atoms in total. The summed E-state index contributed by atoms with van der Waals surface area (Å²) in [7, 11) is 1.54.